The Balaban J connectivity index is 1.66. The minimum atomic E-state index is -1.06. The van der Waals surface area contributed by atoms with Crippen molar-refractivity contribution in [3.05, 3.63) is 89.5 Å². The number of carbonyl (C=O) groups excluding carboxylic acids is 1. The topological polar surface area (TPSA) is 87.1 Å². The van der Waals surface area contributed by atoms with Gasteiger partial charge in [-0.15, -0.1) is 0 Å². The third-order valence-corrected chi connectivity index (χ3v) is 5.88. The van der Waals surface area contributed by atoms with Crippen molar-refractivity contribution in [1.29, 1.82) is 0 Å². The minimum absolute atomic E-state index is 0.0774. The predicted octanol–water partition coefficient (Wildman–Crippen LogP) is 4.99. The first kappa shape index (κ1) is 22.6. The van der Waals surface area contributed by atoms with E-state index < -0.39 is 12.1 Å². The second-order valence-electron chi connectivity index (χ2n) is 8.61. The van der Waals surface area contributed by atoms with Gasteiger partial charge in [0, 0.05) is 29.2 Å². The maximum atomic E-state index is 13.1. The summed E-state index contributed by atoms with van der Waals surface area (Å²) in [5.74, 6) is -1.09. The van der Waals surface area contributed by atoms with Crippen LogP contribution in [0.3, 0.4) is 0 Å². The molecule has 33 heavy (non-hydrogen) atoms. The number of anilines is 2. The lowest BCUT2D eigenvalue weighted by atomic mass is 9.88. The van der Waals surface area contributed by atoms with Crippen LogP contribution >= 0.6 is 0 Å². The van der Waals surface area contributed by atoms with Crippen LogP contribution in [-0.4, -0.2) is 28.7 Å². The first-order chi connectivity index (χ1) is 15.8. The van der Waals surface area contributed by atoms with Gasteiger partial charge in [0.15, 0.2) is 0 Å². The van der Waals surface area contributed by atoms with Crippen LogP contribution in [0.25, 0.3) is 0 Å². The molecular weight excluding hydrogens is 418 g/mol. The van der Waals surface area contributed by atoms with E-state index in [1.807, 2.05) is 30.3 Å². The molecule has 1 aliphatic rings. The van der Waals surface area contributed by atoms with Crippen molar-refractivity contribution in [1.82, 2.24) is 0 Å². The number of amides is 1. The Bertz CT molecular complexity index is 1160. The van der Waals surface area contributed by atoms with Crippen LogP contribution in [0.1, 0.15) is 41.4 Å². The zero-order chi connectivity index (χ0) is 23.5. The van der Waals surface area contributed by atoms with E-state index in [-0.39, 0.29) is 23.3 Å². The normalized spacial score (nSPS) is 17.2. The molecule has 170 valence electrons. The molecule has 0 radical (unpaired) electrons. The lowest BCUT2D eigenvalue weighted by Crippen LogP contribution is -2.31. The zero-order valence-corrected chi connectivity index (χ0v) is 18.6. The van der Waals surface area contributed by atoms with Crippen LogP contribution in [-0.2, 0) is 11.2 Å². The second-order valence-corrected chi connectivity index (χ2v) is 8.61. The van der Waals surface area contributed by atoms with Gasteiger partial charge in [-0.1, -0.05) is 56.3 Å². The van der Waals surface area contributed by atoms with Gasteiger partial charge < -0.3 is 14.9 Å². The van der Waals surface area contributed by atoms with E-state index in [0.29, 0.717) is 35.7 Å². The summed E-state index contributed by atoms with van der Waals surface area (Å²) >= 11 is 0. The summed E-state index contributed by atoms with van der Waals surface area (Å²) in [7, 11) is 0. The number of ether oxygens (including phenoxy) is 1. The third-order valence-electron chi connectivity index (χ3n) is 5.88. The molecule has 1 aliphatic heterocycles. The van der Waals surface area contributed by atoms with Crippen LogP contribution in [0.2, 0.25) is 0 Å². The Morgan fingerprint density at radius 1 is 1.00 bits per heavy atom. The van der Waals surface area contributed by atoms with E-state index >= 15 is 0 Å². The highest BCUT2D eigenvalue weighted by atomic mass is 16.5. The SMILES string of the molecule is CC(C)C(=O)N(c1cccc(C(=O)O)c1)c1ccc2c(c1)OC[C@@H](Cc1ccccc1)[C@@H]2O. The fourth-order valence-electron chi connectivity index (χ4n) is 4.10. The van der Waals surface area contributed by atoms with E-state index in [9.17, 15) is 19.8 Å². The smallest absolute Gasteiger partial charge is 0.335 e. The standard InChI is InChI=1S/C27H27NO5/c1-17(2)26(30)28(21-10-6-9-19(14-21)27(31)32)22-11-12-23-24(15-22)33-16-20(25(23)29)13-18-7-4-3-5-8-18/h3-12,14-15,17,20,25,29H,13,16H2,1-2H3,(H,31,32)/t20-,25+/m1/s1. The number of aromatic carboxylic acids is 1. The van der Waals surface area contributed by atoms with Crippen molar-refractivity contribution in [3.8, 4) is 5.75 Å². The van der Waals surface area contributed by atoms with Gasteiger partial charge >= 0.3 is 5.97 Å². The van der Waals surface area contributed by atoms with Crippen LogP contribution in [0.15, 0.2) is 72.8 Å². The van der Waals surface area contributed by atoms with Crippen molar-refractivity contribution in [3.63, 3.8) is 0 Å². The van der Waals surface area contributed by atoms with E-state index in [1.54, 1.807) is 44.2 Å². The van der Waals surface area contributed by atoms with Gasteiger partial charge in [0.05, 0.1) is 24.0 Å². The van der Waals surface area contributed by atoms with Crippen molar-refractivity contribution in [2.45, 2.75) is 26.4 Å². The highest BCUT2D eigenvalue weighted by Gasteiger charge is 2.31. The van der Waals surface area contributed by atoms with Gasteiger partial charge in [0.1, 0.15) is 5.75 Å². The number of aliphatic hydroxyl groups is 1. The molecule has 0 saturated carbocycles. The molecule has 3 aromatic rings. The summed E-state index contributed by atoms with van der Waals surface area (Å²) < 4.78 is 6.02. The largest absolute Gasteiger partial charge is 0.493 e. The fraction of sp³-hybridized carbons (Fsp3) is 0.259. The number of hydrogen-bond donors (Lipinski definition) is 2. The summed E-state index contributed by atoms with van der Waals surface area (Å²) in [5, 5.41) is 20.4. The maximum absolute atomic E-state index is 13.1. The number of carbonyl (C=O) groups is 2. The molecule has 6 heteroatoms. The maximum Gasteiger partial charge on any atom is 0.335 e. The lowest BCUT2D eigenvalue weighted by Gasteiger charge is -2.32. The minimum Gasteiger partial charge on any atom is -0.493 e. The molecule has 0 bridgehead atoms. The molecule has 0 aliphatic carbocycles. The van der Waals surface area contributed by atoms with Gasteiger partial charge in [0.25, 0.3) is 0 Å². The summed E-state index contributed by atoms with van der Waals surface area (Å²) in [6.45, 7) is 3.95. The number of rotatable bonds is 6. The number of carboxylic acids is 1. The molecule has 0 spiro atoms. The van der Waals surface area contributed by atoms with Gasteiger partial charge in [-0.2, -0.15) is 0 Å². The second kappa shape index (κ2) is 9.46. The van der Waals surface area contributed by atoms with Gasteiger partial charge in [0.2, 0.25) is 5.91 Å². The monoisotopic (exact) mass is 445 g/mol. The Morgan fingerprint density at radius 3 is 2.42 bits per heavy atom. The number of carboxylic acid groups (broad SMARTS) is 1. The summed E-state index contributed by atoms with van der Waals surface area (Å²) in [6.07, 6.45) is 0.0101. The van der Waals surface area contributed by atoms with Crippen LogP contribution in [0.5, 0.6) is 5.75 Å². The molecule has 0 saturated heterocycles. The van der Waals surface area contributed by atoms with Crippen LogP contribution in [0.4, 0.5) is 11.4 Å². The summed E-state index contributed by atoms with van der Waals surface area (Å²) in [6, 6.07) is 21.6. The van der Waals surface area contributed by atoms with Crippen LogP contribution in [0, 0.1) is 11.8 Å². The highest BCUT2D eigenvalue weighted by molar-refractivity contribution is 6.02. The fourth-order valence-corrected chi connectivity index (χ4v) is 4.10. The average molecular weight is 446 g/mol. The molecule has 1 amide bonds. The number of fused-ring (bicyclic) bond motifs is 1. The molecule has 3 aromatic carbocycles. The quantitative estimate of drug-likeness (QED) is 0.558. The van der Waals surface area contributed by atoms with E-state index in [0.717, 1.165) is 5.56 Å². The zero-order valence-electron chi connectivity index (χ0n) is 18.6. The molecule has 4 rings (SSSR count). The Hall–Kier alpha value is -3.64. The first-order valence-corrected chi connectivity index (χ1v) is 11.0. The van der Waals surface area contributed by atoms with Gasteiger partial charge in [-0.25, -0.2) is 4.79 Å². The third kappa shape index (κ3) is 4.76. The van der Waals surface area contributed by atoms with E-state index in [4.69, 9.17) is 4.74 Å². The average Bonchev–Trinajstić information content (AvgIpc) is 2.82. The molecular formula is C27H27NO5. The van der Waals surface area contributed by atoms with Crippen molar-refractivity contribution < 1.29 is 24.5 Å². The molecule has 6 nitrogen and oxygen atoms in total. The van der Waals surface area contributed by atoms with Gasteiger partial charge in [-0.05, 0) is 36.2 Å². The predicted molar refractivity (Wildman–Crippen MR) is 126 cm³/mol. The Kier molecular flexibility index (Phi) is 6.47. The molecule has 2 N–H and O–H groups in total. The van der Waals surface area contributed by atoms with Crippen molar-refractivity contribution >= 4 is 23.3 Å². The van der Waals surface area contributed by atoms with E-state index in [2.05, 4.69) is 0 Å². The van der Waals surface area contributed by atoms with Crippen molar-refractivity contribution in [2.75, 3.05) is 11.5 Å². The summed E-state index contributed by atoms with van der Waals surface area (Å²) in [5.41, 5.74) is 2.94. The lowest BCUT2D eigenvalue weighted by molar-refractivity contribution is -0.120. The number of hydrogen-bond acceptors (Lipinski definition) is 4. The molecule has 0 fully saturated rings. The van der Waals surface area contributed by atoms with Crippen molar-refractivity contribution in [2.24, 2.45) is 11.8 Å². The molecule has 0 aromatic heterocycles. The number of aliphatic hydroxyl groups excluding tert-OH is 1. The van der Waals surface area contributed by atoms with E-state index in [1.165, 1.54) is 17.0 Å². The first-order valence-electron chi connectivity index (χ1n) is 11.0. The number of benzene rings is 3. The molecule has 1 heterocycles. The Morgan fingerprint density at radius 2 is 1.73 bits per heavy atom. The molecule has 0 unspecified atom stereocenters. The highest BCUT2D eigenvalue weighted by Crippen LogP contribution is 2.40. The summed E-state index contributed by atoms with van der Waals surface area (Å²) in [4.78, 5) is 26.1. The van der Waals surface area contributed by atoms with Gasteiger partial charge in [-0.3, -0.25) is 9.69 Å². The number of nitrogens with zero attached hydrogens (tertiary/aromatic N) is 1. The Labute approximate surface area is 193 Å². The van der Waals surface area contributed by atoms with Crippen LogP contribution < -0.4 is 9.64 Å². The molecule has 2 atom stereocenters.